The van der Waals surface area contributed by atoms with E-state index in [1.165, 1.54) is 11.1 Å². The number of fused-ring (bicyclic) bond motifs is 1. The van der Waals surface area contributed by atoms with Crippen molar-refractivity contribution in [3.05, 3.63) is 29.3 Å². The molecule has 0 aromatic heterocycles. The highest BCUT2D eigenvalue weighted by Gasteiger charge is 2.35. The fourth-order valence-corrected chi connectivity index (χ4v) is 5.49. The molecule has 0 radical (unpaired) electrons. The Bertz CT molecular complexity index is 594. The molecule has 1 aromatic carbocycles. The highest BCUT2D eigenvalue weighted by atomic mass is 32.2. The normalized spacial score (nSPS) is 25.9. The van der Waals surface area contributed by atoms with Gasteiger partial charge in [0.15, 0.2) is 9.84 Å². The molecule has 2 aliphatic rings. The van der Waals surface area contributed by atoms with Crippen molar-refractivity contribution in [2.75, 3.05) is 6.54 Å². The fraction of sp³-hybridized carbons (Fsp3) is 0.625. The molecule has 0 bridgehead atoms. The Kier molecular flexibility index (Phi) is 3.87. The number of hydrogen-bond acceptors (Lipinski definition) is 3. The van der Waals surface area contributed by atoms with E-state index in [1.54, 1.807) is 0 Å². The monoisotopic (exact) mass is 293 g/mol. The van der Waals surface area contributed by atoms with Gasteiger partial charge in [0.2, 0.25) is 0 Å². The van der Waals surface area contributed by atoms with Gasteiger partial charge in [-0.15, -0.1) is 0 Å². The van der Waals surface area contributed by atoms with E-state index in [0.29, 0.717) is 10.9 Å². The van der Waals surface area contributed by atoms with Crippen LogP contribution in [0.25, 0.3) is 0 Å². The van der Waals surface area contributed by atoms with Crippen LogP contribution in [0, 0.1) is 0 Å². The summed E-state index contributed by atoms with van der Waals surface area (Å²) >= 11 is 0. The van der Waals surface area contributed by atoms with Crippen molar-refractivity contribution in [1.29, 1.82) is 0 Å². The average molecular weight is 293 g/mol. The fourth-order valence-electron chi connectivity index (χ4n) is 3.61. The SMILES string of the molecule is CCNC1CCC(S(=O)(=O)c2ccc3c(c2)CCC3)C1. The molecule has 1 fully saturated rings. The second kappa shape index (κ2) is 5.49. The molecule has 0 saturated heterocycles. The summed E-state index contributed by atoms with van der Waals surface area (Å²) in [6.45, 7) is 2.98. The van der Waals surface area contributed by atoms with Gasteiger partial charge in [-0.05, 0) is 68.3 Å². The Morgan fingerprint density at radius 3 is 2.80 bits per heavy atom. The second-order valence-corrected chi connectivity index (χ2v) is 8.25. The Morgan fingerprint density at radius 1 is 1.20 bits per heavy atom. The molecule has 3 rings (SSSR count). The van der Waals surface area contributed by atoms with Crippen LogP contribution in [-0.2, 0) is 22.7 Å². The molecule has 1 aromatic rings. The van der Waals surface area contributed by atoms with E-state index in [9.17, 15) is 8.42 Å². The number of rotatable bonds is 4. The van der Waals surface area contributed by atoms with Gasteiger partial charge in [0.25, 0.3) is 0 Å². The Hall–Kier alpha value is -0.870. The lowest BCUT2D eigenvalue weighted by Gasteiger charge is -2.14. The first-order valence-electron chi connectivity index (χ1n) is 7.70. The predicted molar refractivity (Wildman–Crippen MR) is 80.8 cm³/mol. The van der Waals surface area contributed by atoms with Crippen LogP contribution in [0.2, 0.25) is 0 Å². The first-order chi connectivity index (χ1) is 9.61. The van der Waals surface area contributed by atoms with Crippen molar-refractivity contribution >= 4 is 9.84 Å². The van der Waals surface area contributed by atoms with Crippen LogP contribution in [0.5, 0.6) is 0 Å². The molecule has 1 saturated carbocycles. The highest BCUT2D eigenvalue weighted by molar-refractivity contribution is 7.92. The van der Waals surface area contributed by atoms with Gasteiger partial charge in [0.1, 0.15) is 0 Å². The minimum atomic E-state index is -3.15. The topological polar surface area (TPSA) is 46.2 Å². The van der Waals surface area contributed by atoms with Crippen molar-refractivity contribution < 1.29 is 8.42 Å². The maximum atomic E-state index is 12.8. The minimum absolute atomic E-state index is 0.203. The van der Waals surface area contributed by atoms with Crippen LogP contribution < -0.4 is 5.32 Å². The smallest absolute Gasteiger partial charge is 0.181 e. The molecule has 2 atom stereocenters. The van der Waals surface area contributed by atoms with Crippen molar-refractivity contribution in [1.82, 2.24) is 5.32 Å². The maximum absolute atomic E-state index is 12.8. The molecular formula is C16H23NO2S. The van der Waals surface area contributed by atoms with E-state index in [4.69, 9.17) is 0 Å². The highest BCUT2D eigenvalue weighted by Crippen LogP contribution is 2.32. The van der Waals surface area contributed by atoms with Crippen LogP contribution in [-0.4, -0.2) is 26.3 Å². The Morgan fingerprint density at radius 2 is 2.00 bits per heavy atom. The number of aryl methyl sites for hydroxylation is 2. The zero-order valence-corrected chi connectivity index (χ0v) is 12.9. The molecule has 4 heteroatoms. The van der Waals surface area contributed by atoms with Gasteiger partial charge in [-0.3, -0.25) is 0 Å². The minimum Gasteiger partial charge on any atom is -0.314 e. The molecule has 3 nitrogen and oxygen atoms in total. The zero-order chi connectivity index (χ0) is 14.2. The molecule has 0 amide bonds. The third-order valence-electron chi connectivity index (χ3n) is 4.71. The summed E-state index contributed by atoms with van der Waals surface area (Å²) in [5.74, 6) is 0. The quantitative estimate of drug-likeness (QED) is 0.927. The van der Waals surface area contributed by atoms with Crippen LogP contribution in [0.15, 0.2) is 23.1 Å². The predicted octanol–water partition coefficient (Wildman–Crippen LogP) is 2.48. The van der Waals surface area contributed by atoms with E-state index < -0.39 is 9.84 Å². The molecular weight excluding hydrogens is 270 g/mol. The van der Waals surface area contributed by atoms with E-state index in [1.807, 2.05) is 18.2 Å². The van der Waals surface area contributed by atoms with Gasteiger partial charge in [-0.2, -0.15) is 0 Å². The van der Waals surface area contributed by atoms with Crippen molar-refractivity contribution in [2.24, 2.45) is 0 Å². The summed E-state index contributed by atoms with van der Waals surface area (Å²) < 4.78 is 25.5. The largest absolute Gasteiger partial charge is 0.314 e. The molecule has 0 heterocycles. The maximum Gasteiger partial charge on any atom is 0.181 e. The molecule has 110 valence electrons. The van der Waals surface area contributed by atoms with Crippen LogP contribution in [0.3, 0.4) is 0 Å². The van der Waals surface area contributed by atoms with Crippen LogP contribution in [0.1, 0.15) is 43.7 Å². The lowest BCUT2D eigenvalue weighted by atomic mass is 10.1. The lowest BCUT2D eigenvalue weighted by molar-refractivity contribution is 0.537. The molecule has 0 spiro atoms. The molecule has 2 aliphatic carbocycles. The second-order valence-electron chi connectivity index (χ2n) is 6.02. The summed E-state index contributed by atoms with van der Waals surface area (Å²) in [4.78, 5) is 0.542. The molecule has 0 aliphatic heterocycles. The van der Waals surface area contributed by atoms with Crippen molar-refractivity contribution in [3.63, 3.8) is 0 Å². The van der Waals surface area contributed by atoms with Gasteiger partial charge in [-0.1, -0.05) is 13.0 Å². The zero-order valence-electron chi connectivity index (χ0n) is 12.1. The van der Waals surface area contributed by atoms with Gasteiger partial charge < -0.3 is 5.32 Å². The van der Waals surface area contributed by atoms with Gasteiger partial charge in [0, 0.05) is 6.04 Å². The lowest BCUT2D eigenvalue weighted by Crippen LogP contribution is -2.28. The van der Waals surface area contributed by atoms with E-state index in [2.05, 4.69) is 12.2 Å². The van der Waals surface area contributed by atoms with Crippen LogP contribution >= 0.6 is 0 Å². The Balaban J connectivity index is 1.82. The molecule has 1 N–H and O–H groups in total. The van der Waals surface area contributed by atoms with Gasteiger partial charge in [0.05, 0.1) is 10.1 Å². The standard InChI is InChI=1S/C16H23NO2S/c1-2-17-14-7-9-16(11-14)20(18,19)15-8-6-12-4-3-5-13(12)10-15/h6,8,10,14,16-17H,2-5,7,9,11H2,1H3. The summed E-state index contributed by atoms with van der Waals surface area (Å²) in [7, 11) is -3.15. The van der Waals surface area contributed by atoms with Gasteiger partial charge >= 0.3 is 0 Å². The first kappa shape index (κ1) is 14.1. The van der Waals surface area contributed by atoms with Gasteiger partial charge in [-0.25, -0.2) is 8.42 Å². The third kappa shape index (κ3) is 2.51. The molecule has 2 unspecified atom stereocenters. The summed E-state index contributed by atoms with van der Waals surface area (Å²) in [6.07, 6.45) is 5.81. The Labute approximate surface area is 121 Å². The van der Waals surface area contributed by atoms with E-state index in [-0.39, 0.29) is 5.25 Å². The summed E-state index contributed by atoms with van der Waals surface area (Å²) in [5, 5.41) is 3.17. The first-order valence-corrected chi connectivity index (χ1v) is 9.25. The summed E-state index contributed by atoms with van der Waals surface area (Å²) in [5.41, 5.74) is 2.58. The van der Waals surface area contributed by atoms with Crippen molar-refractivity contribution in [2.45, 2.75) is 61.6 Å². The number of benzene rings is 1. The molecule has 20 heavy (non-hydrogen) atoms. The van der Waals surface area contributed by atoms with Crippen LogP contribution in [0.4, 0.5) is 0 Å². The summed E-state index contributed by atoms with van der Waals surface area (Å²) in [6, 6.07) is 6.14. The third-order valence-corrected chi connectivity index (χ3v) is 6.93. The van der Waals surface area contributed by atoms with Crippen molar-refractivity contribution in [3.8, 4) is 0 Å². The van der Waals surface area contributed by atoms with E-state index in [0.717, 1.165) is 45.1 Å². The number of hydrogen-bond donors (Lipinski definition) is 1. The number of sulfone groups is 1. The number of nitrogens with one attached hydrogen (secondary N) is 1. The van der Waals surface area contributed by atoms with E-state index >= 15 is 0 Å². The average Bonchev–Trinajstić information content (AvgIpc) is 3.06.